The summed E-state index contributed by atoms with van der Waals surface area (Å²) in [6.07, 6.45) is 7.10. The summed E-state index contributed by atoms with van der Waals surface area (Å²) in [6.45, 7) is 3.13. The summed E-state index contributed by atoms with van der Waals surface area (Å²) in [5.41, 5.74) is 2.74. The van der Waals surface area contributed by atoms with Crippen molar-refractivity contribution in [3.05, 3.63) is 48.4 Å². The van der Waals surface area contributed by atoms with Crippen molar-refractivity contribution in [1.82, 2.24) is 15.0 Å². The monoisotopic (exact) mass is 449 g/mol. The van der Waals surface area contributed by atoms with E-state index in [-0.39, 0.29) is 17.8 Å². The Bertz CT molecular complexity index is 1130. The van der Waals surface area contributed by atoms with Gasteiger partial charge in [0, 0.05) is 43.3 Å². The fourth-order valence-corrected chi connectivity index (χ4v) is 4.47. The molecule has 3 heterocycles. The number of ether oxygens (including phenoxy) is 2. The number of aromatic nitrogens is 3. The van der Waals surface area contributed by atoms with E-state index in [1.165, 1.54) is 6.07 Å². The van der Waals surface area contributed by atoms with Crippen molar-refractivity contribution in [1.29, 1.82) is 0 Å². The Labute approximate surface area is 191 Å². The summed E-state index contributed by atoms with van der Waals surface area (Å²) < 4.78 is 12.0. The van der Waals surface area contributed by atoms with Crippen molar-refractivity contribution in [2.75, 3.05) is 36.5 Å². The number of morpholine rings is 1. The van der Waals surface area contributed by atoms with Crippen LogP contribution in [0.2, 0.25) is 0 Å². The SMILES string of the molecule is O=C(O)c1cccc(NC2CCC(Oc3cc(N4CCOCC4)cc4nccnc34)CC2)n1. The minimum absolute atomic E-state index is 0.0464. The van der Waals surface area contributed by atoms with Gasteiger partial charge in [-0.1, -0.05) is 6.07 Å². The molecule has 5 rings (SSSR count). The molecule has 1 aliphatic carbocycles. The molecule has 0 spiro atoms. The molecule has 9 heteroatoms. The smallest absolute Gasteiger partial charge is 0.354 e. The Hall–Kier alpha value is -3.46. The predicted octanol–water partition coefficient (Wildman–Crippen LogP) is 3.36. The summed E-state index contributed by atoms with van der Waals surface area (Å²) in [5, 5.41) is 12.5. The molecule has 2 aromatic heterocycles. The molecular weight excluding hydrogens is 422 g/mol. The van der Waals surface area contributed by atoms with Gasteiger partial charge in [0.15, 0.2) is 5.69 Å². The van der Waals surface area contributed by atoms with E-state index >= 15 is 0 Å². The predicted molar refractivity (Wildman–Crippen MR) is 124 cm³/mol. The fraction of sp³-hybridized carbons (Fsp3) is 0.417. The molecule has 0 unspecified atom stereocenters. The topological polar surface area (TPSA) is 110 Å². The van der Waals surface area contributed by atoms with Gasteiger partial charge in [-0.3, -0.25) is 4.98 Å². The van der Waals surface area contributed by atoms with E-state index in [2.05, 4.69) is 37.3 Å². The molecule has 0 bridgehead atoms. The zero-order valence-corrected chi connectivity index (χ0v) is 18.3. The minimum Gasteiger partial charge on any atom is -0.488 e. The van der Waals surface area contributed by atoms with Gasteiger partial charge in [0.25, 0.3) is 0 Å². The highest BCUT2D eigenvalue weighted by atomic mass is 16.5. The summed E-state index contributed by atoms with van der Waals surface area (Å²) in [6, 6.07) is 9.39. The van der Waals surface area contributed by atoms with Crippen molar-refractivity contribution in [3.63, 3.8) is 0 Å². The Morgan fingerprint density at radius 2 is 1.88 bits per heavy atom. The highest BCUT2D eigenvalue weighted by Crippen LogP contribution is 2.33. The second-order valence-corrected chi connectivity index (χ2v) is 8.42. The van der Waals surface area contributed by atoms with E-state index in [9.17, 15) is 4.79 Å². The normalized spacial score (nSPS) is 21.0. The standard InChI is InChI=1S/C24H27N5O4/c30-24(31)19-2-1-3-22(28-19)27-16-4-6-18(7-5-16)33-21-15-17(29-10-12-32-13-11-29)14-20-23(21)26-9-8-25-20/h1-3,8-9,14-16,18H,4-7,10-13H2,(H,27,28)(H,30,31). The zero-order chi connectivity index (χ0) is 22.6. The molecule has 33 heavy (non-hydrogen) atoms. The van der Waals surface area contributed by atoms with Crippen LogP contribution >= 0.6 is 0 Å². The lowest BCUT2D eigenvalue weighted by atomic mass is 9.93. The van der Waals surface area contributed by atoms with Crippen LogP contribution in [0.3, 0.4) is 0 Å². The van der Waals surface area contributed by atoms with Gasteiger partial charge in [-0.05, 0) is 43.9 Å². The van der Waals surface area contributed by atoms with E-state index in [0.29, 0.717) is 5.82 Å². The van der Waals surface area contributed by atoms with Crippen LogP contribution in [0.1, 0.15) is 36.2 Å². The molecule has 9 nitrogen and oxygen atoms in total. The molecule has 1 aromatic carbocycles. The van der Waals surface area contributed by atoms with Crippen LogP contribution < -0.4 is 15.0 Å². The number of aromatic carboxylic acids is 1. The first-order chi connectivity index (χ1) is 16.2. The van der Waals surface area contributed by atoms with Crippen molar-refractivity contribution < 1.29 is 19.4 Å². The van der Waals surface area contributed by atoms with Crippen molar-refractivity contribution in [3.8, 4) is 5.75 Å². The number of carboxylic acid groups (broad SMARTS) is 1. The minimum atomic E-state index is -1.02. The van der Waals surface area contributed by atoms with Crippen molar-refractivity contribution >= 4 is 28.5 Å². The number of anilines is 2. The fourth-order valence-electron chi connectivity index (χ4n) is 4.47. The van der Waals surface area contributed by atoms with Gasteiger partial charge in [0.1, 0.15) is 17.1 Å². The highest BCUT2D eigenvalue weighted by molar-refractivity contribution is 5.86. The van der Waals surface area contributed by atoms with Crippen LogP contribution in [0.25, 0.3) is 11.0 Å². The molecule has 1 aliphatic heterocycles. The maximum Gasteiger partial charge on any atom is 0.354 e. The van der Waals surface area contributed by atoms with Crippen LogP contribution in [0, 0.1) is 0 Å². The summed E-state index contributed by atoms with van der Waals surface area (Å²) in [7, 11) is 0. The third-order valence-corrected chi connectivity index (χ3v) is 6.19. The number of nitrogens with zero attached hydrogens (tertiary/aromatic N) is 4. The van der Waals surface area contributed by atoms with Gasteiger partial charge in [-0.15, -0.1) is 0 Å². The average molecular weight is 450 g/mol. The van der Waals surface area contributed by atoms with Crippen LogP contribution in [0.15, 0.2) is 42.7 Å². The summed E-state index contributed by atoms with van der Waals surface area (Å²) in [5.74, 6) is 0.346. The van der Waals surface area contributed by atoms with Gasteiger partial charge in [-0.2, -0.15) is 0 Å². The van der Waals surface area contributed by atoms with E-state index in [1.54, 1.807) is 24.5 Å². The number of pyridine rings is 1. The molecule has 3 aromatic rings. The lowest BCUT2D eigenvalue weighted by Crippen LogP contribution is -2.36. The van der Waals surface area contributed by atoms with Gasteiger partial charge >= 0.3 is 5.97 Å². The first-order valence-electron chi connectivity index (χ1n) is 11.4. The molecular formula is C24H27N5O4. The van der Waals surface area contributed by atoms with E-state index in [1.807, 2.05) is 0 Å². The number of carbonyl (C=O) groups is 1. The van der Waals surface area contributed by atoms with Crippen molar-refractivity contribution in [2.45, 2.75) is 37.8 Å². The maximum atomic E-state index is 11.2. The number of hydrogen-bond acceptors (Lipinski definition) is 8. The molecule has 0 atom stereocenters. The summed E-state index contributed by atoms with van der Waals surface area (Å²) >= 11 is 0. The summed E-state index contributed by atoms with van der Waals surface area (Å²) in [4.78, 5) is 26.7. The molecule has 2 aliphatic rings. The van der Waals surface area contributed by atoms with E-state index in [4.69, 9.17) is 14.6 Å². The first kappa shape index (κ1) is 21.4. The molecule has 1 saturated carbocycles. The zero-order valence-electron chi connectivity index (χ0n) is 18.3. The Kier molecular flexibility index (Phi) is 6.21. The second kappa shape index (κ2) is 9.58. The molecule has 0 amide bonds. The second-order valence-electron chi connectivity index (χ2n) is 8.42. The Morgan fingerprint density at radius 1 is 1.09 bits per heavy atom. The van der Waals surface area contributed by atoms with Gasteiger partial charge in [0.05, 0.1) is 24.8 Å². The molecule has 1 saturated heterocycles. The Morgan fingerprint density at radius 3 is 2.67 bits per heavy atom. The third kappa shape index (κ3) is 4.98. The number of benzene rings is 1. The molecule has 2 fully saturated rings. The number of carboxylic acids is 1. The molecule has 0 radical (unpaired) electrons. The quantitative estimate of drug-likeness (QED) is 0.585. The molecule has 2 N–H and O–H groups in total. The largest absolute Gasteiger partial charge is 0.488 e. The van der Waals surface area contributed by atoms with E-state index in [0.717, 1.165) is 74.5 Å². The lowest BCUT2D eigenvalue weighted by Gasteiger charge is -2.31. The number of hydrogen-bond donors (Lipinski definition) is 2. The maximum absolute atomic E-state index is 11.2. The van der Waals surface area contributed by atoms with Gasteiger partial charge in [0.2, 0.25) is 0 Å². The molecule has 172 valence electrons. The van der Waals surface area contributed by atoms with Crippen LogP contribution in [0.4, 0.5) is 11.5 Å². The number of fused-ring (bicyclic) bond motifs is 1. The van der Waals surface area contributed by atoms with Crippen LogP contribution in [-0.4, -0.2) is 64.5 Å². The van der Waals surface area contributed by atoms with Gasteiger partial charge < -0.3 is 24.8 Å². The van der Waals surface area contributed by atoms with E-state index < -0.39 is 5.97 Å². The highest BCUT2D eigenvalue weighted by Gasteiger charge is 2.24. The Balaban J connectivity index is 1.26. The number of nitrogens with one attached hydrogen (secondary N) is 1. The van der Waals surface area contributed by atoms with Crippen LogP contribution in [-0.2, 0) is 4.74 Å². The van der Waals surface area contributed by atoms with Crippen LogP contribution in [0.5, 0.6) is 5.75 Å². The first-order valence-corrected chi connectivity index (χ1v) is 11.4. The average Bonchev–Trinajstić information content (AvgIpc) is 2.86. The van der Waals surface area contributed by atoms with Crippen molar-refractivity contribution in [2.24, 2.45) is 0 Å². The lowest BCUT2D eigenvalue weighted by molar-refractivity contribution is 0.0690. The number of rotatable bonds is 6. The van der Waals surface area contributed by atoms with Gasteiger partial charge in [-0.25, -0.2) is 14.8 Å². The third-order valence-electron chi connectivity index (χ3n) is 6.19.